The molecule has 0 aliphatic carbocycles. The summed E-state index contributed by atoms with van der Waals surface area (Å²) in [6.07, 6.45) is 0. The Balaban J connectivity index is 2.81. The maximum Gasteiger partial charge on any atom is 0.347 e. The van der Waals surface area contributed by atoms with E-state index in [-0.39, 0.29) is 16.7 Å². The van der Waals surface area contributed by atoms with Crippen LogP contribution in [0.4, 0.5) is 8.78 Å². The average Bonchev–Trinajstić information content (AvgIpc) is 2.22. The molecule has 20 heavy (non-hydrogen) atoms. The number of methoxy groups -OCH3 is 1. The lowest BCUT2D eigenvalue weighted by Gasteiger charge is -2.28. The summed E-state index contributed by atoms with van der Waals surface area (Å²) >= 11 is 2.18. The molecular formula is C11H14F2O4S3. The lowest BCUT2D eigenvalue weighted by atomic mass is 10.2. The van der Waals surface area contributed by atoms with E-state index in [0.717, 1.165) is 23.5 Å². The number of hydrogen-bond acceptors (Lipinski definition) is 7. The van der Waals surface area contributed by atoms with Crippen molar-refractivity contribution < 1.29 is 27.8 Å². The summed E-state index contributed by atoms with van der Waals surface area (Å²) in [6.45, 7) is 4.95. The highest BCUT2D eigenvalue weighted by Crippen LogP contribution is 2.55. The normalized spacial score (nSPS) is 18.6. The Hall–Kier alpha value is -0.410. The molecule has 1 rings (SSSR count). The van der Waals surface area contributed by atoms with E-state index in [1.807, 2.05) is 0 Å². The molecule has 9 heteroatoms. The minimum atomic E-state index is -2.73. The summed E-state index contributed by atoms with van der Waals surface area (Å²) in [4.78, 5) is 23.0. The van der Waals surface area contributed by atoms with Gasteiger partial charge in [-0.25, -0.2) is 9.59 Å². The first-order valence-corrected chi connectivity index (χ1v) is 8.11. The van der Waals surface area contributed by atoms with Gasteiger partial charge in [0.2, 0.25) is 0 Å². The van der Waals surface area contributed by atoms with Gasteiger partial charge in [-0.05, 0) is 32.5 Å². The van der Waals surface area contributed by atoms with Crippen LogP contribution in [0.3, 0.4) is 0 Å². The standard InChI is InChI=1S/C11H14F2O4S3/c1-11(2,3)17-6(14)5(18-10(12)13)8-19-9(20-8)7(15)16-4/h9-10H,1-4H3. The Morgan fingerprint density at radius 3 is 2.25 bits per heavy atom. The topological polar surface area (TPSA) is 52.6 Å². The van der Waals surface area contributed by atoms with Crippen LogP contribution in [0.5, 0.6) is 0 Å². The van der Waals surface area contributed by atoms with Crippen molar-refractivity contribution in [3.63, 3.8) is 0 Å². The van der Waals surface area contributed by atoms with Gasteiger partial charge in [-0.15, -0.1) is 0 Å². The number of carbonyl (C=O) groups is 2. The third-order valence-electron chi connectivity index (χ3n) is 1.80. The number of rotatable bonds is 4. The maximum atomic E-state index is 12.5. The minimum absolute atomic E-state index is 0.132. The Labute approximate surface area is 128 Å². The highest BCUT2D eigenvalue weighted by atomic mass is 32.3. The van der Waals surface area contributed by atoms with E-state index < -0.39 is 27.9 Å². The van der Waals surface area contributed by atoms with E-state index >= 15 is 0 Å². The van der Waals surface area contributed by atoms with Crippen molar-refractivity contribution in [1.82, 2.24) is 0 Å². The summed E-state index contributed by atoms with van der Waals surface area (Å²) in [6, 6.07) is 0. The van der Waals surface area contributed by atoms with Crippen LogP contribution in [0.2, 0.25) is 0 Å². The Morgan fingerprint density at radius 1 is 1.30 bits per heavy atom. The van der Waals surface area contributed by atoms with Crippen LogP contribution < -0.4 is 0 Å². The zero-order valence-electron chi connectivity index (χ0n) is 11.3. The molecule has 0 aromatic carbocycles. The van der Waals surface area contributed by atoms with Gasteiger partial charge in [0.05, 0.1) is 11.3 Å². The van der Waals surface area contributed by atoms with Gasteiger partial charge in [-0.3, -0.25) is 0 Å². The molecule has 1 saturated heterocycles. The highest BCUT2D eigenvalue weighted by Gasteiger charge is 2.38. The number of ether oxygens (including phenoxy) is 2. The van der Waals surface area contributed by atoms with Gasteiger partial charge in [0, 0.05) is 0 Å². The van der Waals surface area contributed by atoms with Gasteiger partial charge in [0.15, 0.2) is 4.58 Å². The van der Waals surface area contributed by atoms with E-state index in [2.05, 4.69) is 4.74 Å². The molecule has 0 unspecified atom stereocenters. The Bertz CT molecular complexity index is 424. The van der Waals surface area contributed by atoms with Gasteiger partial charge < -0.3 is 9.47 Å². The maximum absolute atomic E-state index is 12.5. The average molecular weight is 344 g/mol. The van der Waals surface area contributed by atoms with Crippen LogP contribution in [-0.4, -0.2) is 35.0 Å². The molecule has 0 bridgehead atoms. The van der Waals surface area contributed by atoms with Gasteiger partial charge in [0.25, 0.3) is 5.76 Å². The van der Waals surface area contributed by atoms with Crippen molar-refractivity contribution >= 4 is 47.2 Å². The first-order valence-electron chi connectivity index (χ1n) is 5.47. The molecule has 0 spiro atoms. The van der Waals surface area contributed by atoms with Crippen molar-refractivity contribution in [3.8, 4) is 0 Å². The summed E-state index contributed by atoms with van der Waals surface area (Å²) in [7, 11) is 1.24. The molecule has 1 aliphatic rings. The van der Waals surface area contributed by atoms with Crippen molar-refractivity contribution in [1.29, 1.82) is 0 Å². The zero-order valence-corrected chi connectivity index (χ0v) is 13.7. The Morgan fingerprint density at radius 2 is 1.85 bits per heavy atom. The molecule has 0 amide bonds. The predicted octanol–water partition coefficient (Wildman–Crippen LogP) is 3.43. The highest BCUT2D eigenvalue weighted by molar-refractivity contribution is 8.39. The fourth-order valence-corrected chi connectivity index (χ4v) is 4.12. The number of thioether (sulfide) groups is 3. The van der Waals surface area contributed by atoms with E-state index in [4.69, 9.17) is 4.74 Å². The summed E-state index contributed by atoms with van der Waals surface area (Å²) in [5.41, 5.74) is -0.771. The smallest absolute Gasteiger partial charge is 0.347 e. The van der Waals surface area contributed by atoms with E-state index in [1.54, 1.807) is 20.8 Å². The summed E-state index contributed by atoms with van der Waals surface area (Å²) < 4.78 is 34.5. The van der Waals surface area contributed by atoms with Gasteiger partial charge in [-0.1, -0.05) is 23.5 Å². The van der Waals surface area contributed by atoms with Crippen LogP contribution in [0.25, 0.3) is 0 Å². The summed E-state index contributed by atoms with van der Waals surface area (Å²) in [5.74, 6) is -4.00. The van der Waals surface area contributed by atoms with E-state index in [9.17, 15) is 18.4 Å². The molecule has 0 N–H and O–H groups in total. The predicted molar refractivity (Wildman–Crippen MR) is 77.5 cm³/mol. The third kappa shape index (κ3) is 5.17. The fraction of sp³-hybridized carbons (Fsp3) is 0.636. The van der Waals surface area contributed by atoms with Crippen molar-refractivity contribution in [3.05, 3.63) is 9.14 Å². The lowest BCUT2D eigenvalue weighted by Crippen LogP contribution is -2.27. The fourth-order valence-electron chi connectivity index (χ4n) is 1.10. The SMILES string of the molecule is COC(=O)C1SC(=C(SC(F)F)C(=O)OC(C)(C)C)S1. The number of carbonyl (C=O) groups excluding carboxylic acids is 2. The molecule has 4 nitrogen and oxygen atoms in total. The molecule has 0 radical (unpaired) electrons. The van der Waals surface area contributed by atoms with Gasteiger partial charge in [0.1, 0.15) is 10.5 Å². The number of hydrogen-bond donors (Lipinski definition) is 0. The molecule has 1 fully saturated rings. The number of alkyl halides is 2. The Kier molecular flexibility index (Phi) is 6.21. The van der Waals surface area contributed by atoms with Gasteiger partial charge in [-0.2, -0.15) is 8.78 Å². The second-order valence-electron chi connectivity index (χ2n) is 4.59. The van der Waals surface area contributed by atoms with E-state index in [1.165, 1.54) is 7.11 Å². The first kappa shape index (κ1) is 17.6. The van der Waals surface area contributed by atoms with Crippen molar-refractivity contribution in [2.24, 2.45) is 0 Å². The molecule has 114 valence electrons. The molecule has 0 aromatic rings. The van der Waals surface area contributed by atoms with E-state index in [0.29, 0.717) is 4.24 Å². The second-order valence-corrected chi connectivity index (χ2v) is 8.38. The largest absolute Gasteiger partial charge is 0.468 e. The monoisotopic (exact) mass is 344 g/mol. The second kappa shape index (κ2) is 7.04. The third-order valence-corrected chi connectivity index (χ3v) is 5.65. The quantitative estimate of drug-likeness (QED) is 0.572. The number of esters is 2. The molecule has 1 aliphatic heterocycles. The van der Waals surface area contributed by atoms with Crippen LogP contribution in [-0.2, 0) is 19.1 Å². The molecule has 0 saturated carbocycles. The molecule has 0 atom stereocenters. The molecular weight excluding hydrogens is 330 g/mol. The summed E-state index contributed by atoms with van der Waals surface area (Å²) in [5, 5.41) is 0. The number of halogens is 2. The van der Waals surface area contributed by atoms with Crippen molar-refractivity contribution in [2.75, 3.05) is 7.11 Å². The van der Waals surface area contributed by atoms with Gasteiger partial charge >= 0.3 is 11.9 Å². The molecule has 1 heterocycles. The lowest BCUT2D eigenvalue weighted by molar-refractivity contribution is -0.149. The van der Waals surface area contributed by atoms with Crippen LogP contribution in [0.1, 0.15) is 20.8 Å². The first-order chi connectivity index (χ1) is 9.14. The van der Waals surface area contributed by atoms with Crippen molar-refractivity contribution in [2.45, 2.75) is 36.7 Å². The molecule has 0 aromatic heterocycles. The van der Waals surface area contributed by atoms with Crippen LogP contribution in [0, 0.1) is 0 Å². The van der Waals surface area contributed by atoms with Crippen LogP contribution >= 0.6 is 35.3 Å². The van der Waals surface area contributed by atoms with Crippen LogP contribution in [0.15, 0.2) is 9.14 Å². The zero-order chi connectivity index (χ0) is 15.5. The minimum Gasteiger partial charge on any atom is -0.468 e.